The Morgan fingerprint density at radius 3 is 2.56 bits per heavy atom. The zero-order valence-corrected chi connectivity index (χ0v) is 18.7. The molecule has 1 heterocycles. The Bertz CT molecular complexity index is 968. The first-order valence-electron chi connectivity index (χ1n) is 11.0. The molecule has 0 bridgehead atoms. The summed E-state index contributed by atoms with van der Waals surface area (Å²) in [5, 5.41) is 12.1. The highest BCUT2D eigenvalue weighted by Gasteiger charge is 2.26. The van der Waals surface area contributed by atoms with Crippen LogP contribution in [0.3, 0.4) is 0 Å². The number of aryl methyl sites for hydroxylation is 1. The van der Waals surface area contributed by atoms with Gasteiger partial charge in [0, 0.05) is 32.6 Å². The normalized spacial score (nSPS) is 15.3. The number of ether oxygens (including phenoxy) is 1. The smallest absolute Gasteiger partial charge is 0.241 e. The second-order valence-corrected chi connectivity index (χ2v) is 7.94. The van der Waals surface area contributed by atoms with Crippen molar-refractivity contribution in [2.45, 2.75) is 32.2 Å². The second kappa shape index (κ2) is 11.3. The quantitative estimate of drug-likeness (QED) is 0.724. The third-order valence-electron chi connectivity index (χ3n) is 5.90. The molecular formula is C25H30N4O3. The van der Waals surface area contributed by atoms with Crippen molar-refractivity contribution >= 4 is 17.5 Å². The van der Waals surface area contributed by atoms with Crippen molar-refractivity contribution in [2.24, 2.45) is 0 Å². The van der Waals surface area contributed by atoms with E-state index in [1.54, 1.807) is 31.4 Å². The third-order valence-corrected chi connectivity index (χ3v) is 5.90. The molecule has 0 radical (unpaired) electrons. The number of nitriles is 1. The maximum atomic E-state index is 12.8. The Morgan fingerprint density at radius 2 is 1.84 bits per heavy atom. The van der Waals surface area contributed by atoms with E-state index in [0.717, 1.165) is 24.3 Å². The summed E-state index contributed by atoms with van der Waals surface area (Å²) < 4.78 is 5.17. The molecule has 2 aromatic carbocycles. The first-order chi connectivity index (χ1) is 15.5. The van der Waals surface area contributed by atoms with Gasteiger partial charge in [0.2, 0.25) is 11.8 Å². The summed E-state index contributed by atoms with van der Waals surface area (Å²) in [7, 11) is 1.64. The number of hydrogen-bond acceptors (Lipinski definition) is 5. The van der Waals surface area contributed by atoms with Crippen LogP contribution < -0.4 is 10.1 Å². The highest BCUT2D eigenvalue weighted by molar-refractivity contribution is 5.95. The predicted octanol–water partition coefficient (Wildman–Crippen LogP) is 3.06. The fourth-order valence-electron chi connectivity index (χ4n) is 3.87. The molecule has 0 aliphatic carbocycles. The van der Waals surface area contributed by atoms with Gasteiger partial charge in [-0.1, -0.05) is 24.3 Å². The van der Waals surface area contributed by atoms with Crippen LogP contribution in [-0.2, 0) is 16.0 Å². The average molecular weight is 435 g/mol. The number of nitrogens with one attached hydrogen (secondary N) is 1. The van der Waals surface area contributed by atoms with E-state index in [1.807, 2.05) is 36.1 Å². The third kappa shape index (κ3) is 6.08. The summed E-state index contributed by atoms with van der Waals surface area (Å²) in [5.74, 6) is 0.802. The molecule has 0 saturated carbocycles. The van der Waals surface area contributed by atoms with Crippen LogP contribution in [0.1, 0.15) is 30.9 Å². The molecule has 7 nitrogen and oxygen atoms in total. The van der Waals surface area contributed by atoms with Gasteiger partial charge >= 0.3 is 0 Å². The van der Waals surface area contributed by atoms with Crippen LogP contribution in [0.4, 0.5) is 5.69 Å². The minimum absolute atomic E-state index is 0.141. The average Bonchev–Trinajstić information content (AvgIpc) is 3.09. The first-order valence-corrected chi connectivity index (χ1v) is 11.0. The standard InChI is InChI=1S/C25H30N4O3/c1-19(25(31)27-23-7-4-3-6-21(23)18-26)28-14-5-15-29(17-16-28)24(30)13-10-20-8-11-22(32-2)12-9-20/h3-4,6-9,11-12,19H,5,10,13-17H2,1-2H3,(H,27,31). The van der Waals surface area contributed by atoms with Gasteiger partial charge in [-0.25, -0.2) is 0 Å². The minimum atomic E-state index is -0.351. The van der Waals surface area contributed by atoms with Crippen LogP contribution in [0, 0.1) is 11.3 Å². The molecule has 1 aliphatic heterocycles. The number of benzene rings is 2. The van der Waals surface area contributed by atoms with Gasteiger partial charge in [0.1, 0.15) is 11.8 Å². The van der Waals surface area contributed by atoms with Crippen LogP contribution in [0.25, 0.3) is 0 Å². The summed E-state index contributed by atoms with van der Waals surface area (Å²) in [4.78, 5) is 29.5. The van der Waals surface area contributed by atoms with Gasteiger partial charge in [-0.3, -0.25) is 14.5 Å². The van der Waals surface area contributed by atoms with E-state index < -0.39 is 0 Å². The Kier molecular flexibility index (Phi) is 8.23. The number of para-hydroxylation sites is 1. The lowest BCUT2D eigenvalue weighted by Gasteiger charge is -2.27. The van der Waals surface area contributed by atoms with Gasteiger partial charge in [-0.2, -0.15) is 5.26 Å². The maximum Gasteiger partial charge on any atom is 0.241 e. The van der Waals surface area contributed by atoms with E-state index in [0.29, 0.717) is 43.7 Å². The SMILES string of the molecule is COc1ccc(CCC(=O)N2CCCN(C(C)C(=O)Nc3ccccc3C#N)CC2)cc1. The van der Waals surface area contributed by atoms with Gasteiger partial charge in [-0.15, -0.1) is 0 Å². The zero-order chi connectivity index (χ0) is 22.9. The highest BCUT2D eigenvalue weighted by Crippen LogP contribution is 2.17. The molecule has 32 heavy (non-hydrogen) atoms. The maximum absolute atomic E-state index is 12.8. The fraction of sp³-hybridized carbons (Fsp3) is 0.400. The molecule has 1 atom stereocenters. The van der Waals surface area contributed by atoms with Crippen LogP contribution in [0.5, 0.6) is 5.75 Å². The Labute approximate surface area is 189 Å². The molecular weight excluding hydrogens is 404 g/mol. The minimum Gasteiger partial charge on any atom is -0.497 e. The Hall–Kier alpha value is -3.37. The van der Waals surface area contributed by atoms with Crippen LogP contribution >= 0.6 is 0 Å². The number of carbonyl (C=O) groups excluding carboxylic acids is 2. The number of rotatable bonds is 7. The molecule has 1 fully saturated rings. The van der Waals surface area contributed by atoms with Crippen LogP contribution in [0.2, 0.25) is 0 Å². The number of hydrogen-bond donors (Lipinski definition) is 1. The number of amides is 2. The summed E-state index contributed by atoms with van der Waals surface area (Å²) in [5.41, 5.74) is 2.08. The number of nitrogens with zero attached hydrogens (tertiary/aromatic N) is 3. The van der Waals surface area contributed by atoms with Crippen molar-refractivity contribution in [1.82, 2.24) is 9.80 Å². The van der Waals surface area contributed by atoms with E-state index in [9.17, 15) is 14.9 Å². The van der Waals surface area contributed by atoms with Crippen molar-refractivity contribution in [2.75, 3.05) is 38.6 Å². The lowest BCUT2D eigenvalue weighted by Crippen LogP contribution is -2.44. The molecule has 168 valence electrons. The first kappa shape index (κ1) is 23.3. The van der Waals surface area contributed by atoms with E-state index in [4.69, 9.17) is 4.74 Å². The van der Waals surface area contributed by atoms with Crippen molar-refractivity contribution in [3.8, 4) is 11.8 Å². The molecule has 0 aromatic heterocycles. The van der Waals surface area contributed by atoms with Gasteiger partial charge in [0.25, 0.3) is 0 Å². The van der Waals surface area contributed by atoms with Gasteiger partial charge in [0.15, 0.2) is 0 Å². The lowest BCUT2D eigenvalue weighted by atomic mass is 10.1. The van der Waals surface area contributed by atoms with Crippen molar-refractivity contribution in [1.29, 1.82) is 5.26 Å². The zero-order valence-electron chi connectivity index (χ0n) is 18.7. The summed E-state index contributed by atoms with van der Waals surface area (Å²) in [6.45, 7) is 4.56. The number of methoxy groups -OCH3 is 1. The monoisotopic (exact) mass is 434 g/mol. The van der Waals surface area contributed by atoms with Crippen molar-refractivity contribution < 1.29 is 14.3 Å². The molecule has 7 heteroatoms. The topological polar surface area (TPSA) is 85.7 Å². The second-order valence-electron chi connectivity index (χ2n) is 7.94. The van der Waals surface area contributed by atoms with Crippen LogP contribution in [0.15, 0.2) is 48.5 Å². The number of carbonyl (C=O) groups is 2. The van der Waals surface area contributed by atoms with Gasteiger partial charge in [0.05, 0.1) is 24.4 Å². The van der Waals surface area contributed by atoms with Crippen LogP contribution in [-0.4, -0.2) is 60.9 Å². The molecule has 1 N–H and O–H groups in total. The van der Waals surface area contributed by atoms with Crippen molar-refractivity contribution in [3.05, 3.63) is 59.7 Å². The van der Waals surface area contributed by atoms with E-state index in [1.165, 1.54) is 0 Å². The largest absolute Gasteiger partial charge is 0.497 e. The van der Waals surface area contributed by atoms with E-state index in [2.05, 4.69) is 16.3 Å². The van der Waals surface area contributed by atoms with Gasteiger partial charge in [-0.05, 0) is 49.6 Å². The summed E-state index contributed by atoms with van der Waals surface area (Å²) in [6, 6.07) is 16.5. The Morgan fingerprint density at radius 1 is 1.09 bits per heavy atom. The summed E-state index contributed by atoms with van der Waals surface area (Å²) in [6.07, 6.45) is 1.98. The Balaban J connectivity index is 1.50. The summed E-state index contributed by atoms with van der Waals surface area (Å²) >= 11 is 0. The molecule has 3 rings (SSSR count). The molecule has 0 spiro atoms. The molecule has 1 aliphatic rings. The molecule has 1 saturated heterocycles. The van der Waals surface area contributed by atoms with Gasteiger partial charge < -0.3 is 15.0 Å². The molecule has 1 unspecified atom stereocenters. The lowest BCUT2D eigenvalue weighted by molar-refractivity contribution is -0.131. The fourth-order valence-corrected chi connectivity index (χ4v) is 3.87. The van der Waals surface area contributed by atoms with E-state index in [-0.39, 0.29) is 17.9 Å². The van der Waals surface area contributed by atoms with Crippen molar-refractivity contribution in [3.63, 3.8) is 0 Å². The highest BCUT2D eigenvalue weighted by atomic mass is 16.5. The molecule has 2 amide bonds. The van der Waals surface area contributed by atoms with E-state index >= 15 is 0 Å². The molecule has 2 aromatic rings. The number of anilines is 1. The predicted molar refractivity (Wildman–Crippen MR) is 123 cm³/mol.